The molecule has 0 saturated heterocycles. The quantitative estimate of drug-likeness (QED) is 0.687. The first-order chi connectivity index (χ1) is 6.54. The van der Waals surface area contributed by atoms with Crippen LogP contribution in [-0.4, -0.2) is 11.9 Å². The molecule has 4 heteroatoms. The zero-order valence-electron chi connectivity index (χ0n) is 8.25. The molecule has 0 aliphatic heterocycles. The van der Waals surface area contributed by atoms with Crippen molar-refractivity contribution in [2.24, 2.45) is 11.1 Å². The summed E-state index contributed by atoms with van der Waals surface area (Å²) in [6, 6.07) is 0. The lowest BCUT2D eigenvalue weighted by Gasteiger charge is -2.36. The van der Waals surface area contributed by atoms with Gasteiger partial charge in [0.1, 0.15) is 0 Å². The summed E-state index contributed by atoms with van der Waals surface area (Å²) in [5, 5.41) is 10.6. The number of carboxylic acid groups (broad SMARTS) is 1. The van der Waals surface area contributed by atoms with Crippen LogP contribution in [0.4, 0.5) is 0 Å². The Labute approximate surface area is 83.5 Å². The number of hydrogen-bond donors (Lipinski definition) is 1. The average molecular weight is 198 g/mol. The number of carbonyl (C=O) groups is 2. The van der Waals surface area contributed by atoms with Crippen LogP contribution in [0.15, 0.2) is 0 Å². The van der Waals surface area contributed by atoms with Crippen molar-refractivity contribution in [1.29, 1.82) is 0 Å². The van der Waals surface area contributed by atoms with Gasteiger partial charge in [-0.15, -0.1) is 0 Å². The number of amides is 1. The lowest BCUT2D eigenvalue weighted by Crippen LogP contribution is -2.37. The Bertz CT molecular complexity index is 214. The third-order valence-corrected chi connectivity index (χ3v) is 2.98. The highest BCUT2D eigenvalue weighted by Crippen LogP contribution is 2.41. The molecule has 0 radical (unpaired) electrons. The molecule has 0 spiro atoms. The molecular weight excluding hydrogens is 182 g/mol. The lowest BCUT2D eigenvalue weighted by molar-refractivity contribution is -0.308. The van der Waals surface area contributed by atoms with Crippen molar-refractivity contribution in [3.8, 4) is 0 Å². The fourth-order valence-corrected chi connectivity index (χ4v) is 2.39. The lowest BCUT2D eigenvalue weighted by atomic mass is 9.69. The molecule has 2 N–H and O–H groups in total. The van der Waals surface area contributed by atoms with Crippen LogP contribution < -0.4 is 10.8 Å². The van der Waals surface area contributed by atoms with Crippen molar-refractivity contribution in [3.63, 3.8) is 0 Å². The minimum absolute atomic E-state index is 0.0318. The average Bonchev–Trinajstić information content (AvgIpc) is 2.01. The van der Waals surface area contributed by atoms with Gasteiger partial charge in [-0.05, 0) is 24.7 Å². The number of rotatable bonds is 4. The number of nitrogens with two attached hydrogens (primary N) is 1. The molecular formula is C10H16NO3-. The van der Waals surface area contributed by atoms with Crippen molar-refractivity contribution in [1.82, 2.24) is 0 Å². The van der Waals surface area contributed by atoms with Gasteiger partial charge in [0.05, 0.1) is 0 Å². The standard InChI is InChI=1S/C10H17NO3/c11-8(12)6-10(7-9(13)14)4-2-1-3-5-10/h1-7H2,(H2,11,12)(H,13,14)/p-1. The minimum atomic E-state index is -1.08. The van der Waals surface area contributed by atoms with E-state index in [2.05, 4.69) is 0 Å². The molecule has 1 aliphatic rings. The Kier molecular flexibility index (Phi) is 3.49. The number of carboxylic acids is 1. The molecule has 1 fully saturated rings. The molecule has 0 unspecified atom stereocenters. The van der Waals surface area contributed by atoms with E-state index in [0.717, 1.165) is 32.1 Å². The van der Waals surface area contributed by atoms with E-state index in [1.807, 2.05) is 0 Å². The molecule has 0 aromatic heterocycles. The van der Waals surface area contributed by atoms with Gasteiger partial charge >= 0.3 is 0 Å². The number of primary amides is 1. The monoisotopic (exact) mass is 198 g/mol. The maximum atomic E-state index is 10.9. The molecule has 1 saturated carbocycles. The van der Waals surface area contributed by atoms with Crippen molar-refractivity contribution in [2.45, 2.75) is 44.9 Å². The highest BCUT2D eigenvalue weighted by atomic mass is 16.4. The Balaban J connectivity index is 2.66. The van der Waals surface area contributed by atoms with Gasteiger partial charge in [0.15, 0.2) is 0 Å². The predicted molar refractivity (Wildman–Crippen MR) is 49.0 cm³/mol. The highest BCUT2D eigenvalue weighted by molar-refractivity contribution is 5.76. The first-order valence-corrected chi connectivity index (χ1v) is 5.02. The molecule has 1 aliphatic carbocycles. The highest BCUT2D eigenvalue weighted by Gasteiger charge is 2.33. The SMILES string of the molecule is NC(=O)CC1(CC(=O)[O-])CCCCC1. The van der Waals surface area contributed by atoms with E-state index in [1.165, 1.54) is 0 Å². The van der Waals surface area contributed by atoms with Gasteiger partial charge in [-0.1, -0.05) is 19.3 Å². The molecule has 1 rings (SSSR count). The zero-order chi connectivity index (χ0) is 10.6. The van der Waals surface area contributed by atoms with Gasteiger partial charge in [0, 0.05) is 12.4 Å². The van der Waals surface area contributed by atoms with Crippen LogP contribution in [0.3, 0.4) is 0 Å². The minimum Gasteiger partial charge on any atom is -0.550 e. The Morgan fingerprint density at radius 3 is 2.14 bits per heavy atom. The molecule has 0 aromatic carbocycles. The maximum absolute atomic E-state index is 10.9. The van der Waals surface area contributed by atoms with Crippen LogP contribution >= 0.6 is 0 Å². The first-order valence-electron chi connectivity index (χ1n) is 5.02. The van der Waals surface area contributed by atoms with Gasteiger partial charge in [-0.3, -0.25) is 4.79 Å². The van der Waals surface area contributed by atoms with Crippen LogP contribution in [0.2, 0.25) is 0 Å². The van der Waals surface area contributed by atoms with Crippen LogP contribution in [0.25, 0.3) is 0 Å². The van der Waals surface area contributed by atoms with E-state index in [9.17, 15) is 14.7 Å². The maximum Gasteiger partial charge on any atom is 0.217 e. The summed E-state index contributed by atoms with van der Waals surface area (Å²) in [5.41, 5.74) is 4.72. The summed E-state index contributed by atoms with van der Waals surface area (Å²) >= 11 is 0. The van der Waals surface area contributed by atoms with Gasteiger partial charge < -0.3 is 15.6 Å². The van der Waals surface area contributed by atoms with Gasteiger partial charge in [-0.25, -0.2) is 0 Å². The van der Waals surface area contributed by atoms with Gasteiger partial charge in [0.25, 0.3) is 0 Å². The van der Waals surface area contributed by atoms with E-state index in [4.69, 9.17) is 5.73 Å². The molecule has 0 bridgehead atoms. The summed E-state index contributed by atoms with van der Waals surface area (Å²) in [6.45, 7) is 0. The first kappa shape index (κ1) is 11.0. The van der Waals surface area contributed by atoms with Crippen molar-refractivity contribution >= 4 is 11.9 Å². The van der Waals surface area contributed by atoms with E-state index < -0.39 is 17.3 Å². The van der Waals surface area contributed by atoms with Crippen molar-refractivity contribution in [3.05, 3.63) is 0 Å². The number of carbonyl (C=O) groups excluding carboxylic acids is 2. The third kappa shape index (κ3) is 3.01. The van der Waals surface area contributed by atoms with Crippen molar-refractivity contribution < 1.29 is 14.7 Å². The predicted octanol–water partition coefficient (Wildman–Crippen LogP) is -0.0477. The largest absolute Gasteiger partial charge is 0.550 e. The third-order valence-electron chi connectivity index (χ3n) is 2.98. The fourth-order valence-electron chi connectivity index (χ4n) is 2.39. The Morgan fingerprint density at radius 2 is 1.71 bits per heavy atom. The van der Waals surface area contributed by atoms with Crippen LogP contribution in [0.1, 0.15) is 44.9 Å². The van der Waals surface area contributed by atoms with E-state index >= 15 is 0 Å². The number of hydrogen-bond acceptors (Lipinski definition) is 3. The zero-order valence-corrected chi connectivity index (χ0v) is 8.25. The summed E-state index contributed by atoms with van der Waals surface area (Å²) in [4.78, 5) is 21.5. The Hall–Kier alpha value is -1.06. The molecule has 0 heterocycles. The van der Waals surface area contributed by atoms with E-state index in [1.54, 1.807) is 0 Å². The van der Waals surface area contributed by atoms with E-state index in [0.29, 0.717) is 0 Å². The van der Waals surface area contributed by atoms with Crippen LogP contribution in [0.5, 0.6) is 0 Å². The molecule has 0 aromatic rings. The number of aliphatic carboxylic acids is 1. The second kappa shape index (κ2) is 4.44. The Morgan fingerprint density at radius 1 is 1.14 bits per heavy atom. The summed E-state index contributed by atoms with van der Waals surface area (Å²) in [5.74, 6) is -1.48. The van der Waals surface area contributed by atoms with Gasteiger partial charge in [-0.2, -0.15) is 0 Å². The topological polar surface area (TPSA) is 83.2 Å². The fraction of sp³-hybridized carbons (Fsp3) is 0.800. The molecule has 4 nitrogen and oxygen atoms in total. The van der Waals surface area contributed by atoms with Crippen molar-refractivity contribution in [2.75, 3.05) is 0 Å². The molecule has 0 atom stereocenters. The van der Waals surface area contributed by atoms with E-state index in [-0.39, 0.29) is 12.8 Å². The summed E-state index contributed by atoms with van der Waals surface area (Å²) in [6.07, 6.45) is 4.80. The smallest absolute Gasteiger partial charge is 0.217 e. The summed E-state index contributed by atoms with van der Waals surface area (Å²) < 4.78 is 0. The van der Waals surface area contributed by atoms with Crippen LogP contribution in [0, 0.1) is 5.41 Å². The second-order valence-corrected chi connectivity index (χ2v) is 4.25. The normalized spacial score (nSPS) is 20.3. The van der Waals surface area contributed by atoms with Gasteiger partial charge in [0.2, 0.25) is 5.91 Å². The molecule has 80 valence electrons. The summed E-state index contributed by atoms with van der Waals surface area (Å²) in [7, 11) is 0. The molecule has 1 amide bonds. The second-order valence-electron chi connectivity index (χ2n) is 4.25. The molecule has 14 heavy (non-hydrogen) atoms. The van der Waals surface area contributed by atoms with Crippen LogP contribution in [-0.2, 0) is 9.59 Å².